The Balaban J connectivity index is 1.79. The molecule has 28 heavy (non-hydrogen) atoms. The zero-order chi connectivity index (χ0) is 19.9. The first-order valence-corrected chi connectivity index (χ1v) is 9.36. The van der Waals surface area contributed by atoms with Gasteiger partial charge in [0.15, 0.2) is 0 Å². The largest absolute Gasteiger partial charge is 0.347 e. The minimum Gasteiger partial charge on any atom is -0.347 e. The van der Waals surface area contributed by atoms with E-state index in [-0.39, 0.29) is 11.9 Å². The summed E-state index contributed by atoms with van der Waals surface area (Å²) in [6.07, 6.45) is 3.41. The van der Waals surface area contributed by atoms with Gasteiger partial charge in [-0.2, -0.15) is 0 Å². The van der Waals surface area contributed by atoms with Crippen LogP contribution in [-0.2, 0) is 13.1 Å². The number of nitrogens with zero attached hydrogens (tertiary/aromatic N) is 4. The van der Waals surface area contributed by atoms with Gasteiger partial charge < -0.3 is 10.2 Å². The molecule has 0 bridgehead atoms. The number of anilines is 1. The number of rotatable bonds is 7. The van der Waals surface area contributed by atoms with E-state index < -0.39 is 0 Å². The lowest BCUT2D eigenvalue weighted by molar-refractivity contribution is 0.0945. The highest BCUT2D eigenvalue weighted by Gasteiger charge is 2.18. The lowest BCUT2D eigenvalue weighted by Gasteiger charge is -2.27. The molecule has 6 heteroatoms. The van der Waals surface area contributed by atoms with Crippen LogP contribution in [0.25, 0.3) is 0 Å². The summed E-state index contributed by atoms with van der Waals surface area (Å²) >= 11 is 0. The van der Waals surface area contributed by atoms with E-state index >= 15 is 0 Å². The van der Waals surface area contributed by atoms with E-state index in [9.17, 15) is 4.79 Å². The van der Waals surface area contributed by atoms with Crippen molar-refractivity contribution in [2.24, 2.45) is 0 Å². The lowest BCUT2D eigenvalue weighted by Crippen LogP contribution is -2.33. The number of amides is 1. The monoisotopic (exact) mass is 375 g/mol. The molecular weight excluding hydrogens is 350 g/mol. The van der Waals surface area contributed by atoms with Crippen molar-refractivity contribution in [1.82, 2.24) is 20.3 Å². The maximum Gasteiger partial charge on any atom is 0.270 e. The van der Waals surface area contributed by atoms with Gasteiger partial charge in [-0.1, -0.05) is 30.3 Å². The molecule has 0 aliphatic heterocycles. The van der Waals surface area contributed by atoms with Gasteiger partial charge in [0.05, 0.1) is 0 Å². The van der Waals surface area contributed by atoms with Crippen molar-refractivity contribution in [2.45, 2.75) is 39.9 Å². The molecule has 3 rings (SSSR count). The zero-order valence-electron chi connectivity index (χ0n) is 16.5. The van der Waals surface area contributed by atoms with Crippen molar-refractivity contribution in [3.63, 3.8) is 0 Å². The Morgan fingerprint density at radius 1 is 1.04 bits per heavy atom. The predicted molar refractivity (Wildman–Crippen MR) is 110 cm³/mol. The maximum atomic E-state index is 12.6. The average molecular weight is 375 g/mol. The van der Waals surface area contributed by atoms with Gasteiger partial charge in [0.25, 0.3) is 5.91 Å². The van der Waals surface area contributed by atoms with E-state index in [0.717, 1.165) is 11.3 Å². The van der Waals surface area contributed by atoms with Crippen molar-refractivity contribution in [3.8, 4) is 0 Å². The van der Waals surface area contributed by atoms with Gasteiger partial charge in [-0.3, -0.25) is 9.78 Å². The maximum absolute atomic E-state index is 12.6. The quantitative estimate of drug-likeness (QED) is 0.684. The van der Waals surface area contributed by atoms with E-state index in [0.29, 0.717) is 24.7 Å². The Bertz CT molecular complexity index is 913. The summed E-state index contributed by atoms with van der Waals surface area (Å²) in [4.78, 5) is 27.9. The number of aryl methyl sites for hydroxylation is 1. The molecular formula is C22H25N5O. The van der Waals surface area contributed by atoms with Crippen molar-refractivity contribution in [1.29, 1.82) is 0 Å². The molecule has 0 spiro atoms. The van der Waals surface area contributed by atoms with Crippen LogP contribution in [0, 0.1) is 6.92 Å². The third-order valence-corrected chi connectivity index (χ3v) is 4.35. The minimum atomic E-state index is -0.216. The van der Waals surface area contributed by atoms with Crippen LogP contribution in [0.2, 0.25) is 0 Å². The molecule has 1 aromatic carbocycles. The van der Waals surface area contributed by atoms with E-state index in [1.165, 1.54) is 5.56 Å². The molecule has 0 unspecified atom stereocenters. The van der Waals surface area contributed by atoms with Gasteiger partial charge >= 0.3 is 0 Å². The van der Waals surface area contributed by atoms with Crippen LogP contribution >= 0.6 is 0 Å². The van der Waals surface area contributed by atoms with Crippen molar-refractivity contribution < 1.29 is 4.79 Å². The number of hydrogen-bond donors (Lipinski definition) is 1. The summed E-state index contributed by atoms with van der Waals surface area (Å²) in [5.74, 6) is 0.347. The minimum absolute atomic E-state index is 0.190. The van der Waals surface area contributed by atoms with E-state index in [4.69, 9.17) is 0 Å². The van der Waals surface area contributed by atoms with Gasteiger partial charge in [-0.05, 0) is 50.1 Å². The van der Waals surface area contributed by atoms with Crippen LogP contribution in [0.15, 0.2) is 60.9 Å². The Morgan fingerprint density at radius 3 is 2.43 bits per heavy atom. The third-order valence-electron chi connectivity index (χ3n) is 4.35. The van der Waals surface area contributed by atoms with Crippen molar-refractivity contribution in [2.75, 3.05) is 4.90 Å². The molecule has 144 valence electrons. The Kier molecular flexibility index (Phi) is 6.32. The number of aromatic nitrogens is 3. The van der Waals surface area contributed by atoms with Gasteiger partial charge in [0.1, 0.15) is 5.69 Å². The lowest BCUT2D eigenvalue weighted by atomic mass is 10.2. The SMILES string of the molecule is Cc1cc(C(=O)NCc2ccncc2)nc(N(Cc2ccccc2)C(C)C)n1. The highest BCUT2D eigenvalue weighted by molar-refractivity contribution is 5.92. The molecule has 0 aliphatic carbocycles. The first-order valence-electron chi connectivity index (χ1n) is 9.36. The molecule has 1 amide bonds. The molecule has 3 aromatic rings. The molecule has 0 aliphatic rings. The van der Waals surface area contributed by atoms with E-state index in [2.05, 4.69) is 51.1 Å². The number of hydrogen-bond acceptors (Lipinski definition) is 5. The summed E-state index contributed by atoms with van der Waals surface area (Å²) in [7, 11) is 0. The fourth-order valence-corrected chi connectivity index (χ4v) is 2.84. The molecule has 0 saturated carbocycles. The zero-order valence-corrected chi connectivity index (χ0v) is 16.5. The van der Waals surface area contributed by atoms with Crippen molar-refractivity contribution >= 4 is 11.9 Å². The van der Waals surface area contributed by atoms with Crippen LogP contribution in [0.1, 0.15) is 41.2 Å². The van der Waals surface area contributed by atoms with Gasteiger partial charge in [-0.15, -0.1) is 0 Å². The number of nitrogens with one attached hydrogen (secondary N) is 1. The normalized spacial score (nSPS) is 10.7. The molecule has 0 atom stereocenters. The van der Waals surface area contributed by atoms with Crippen LogP contribution in [-0.4, -0.2) is 26.9 Å². The number of carbonyl (C=O) groups excluding carboxylic acids is 1. The second-order valence-corrected chi connectivity index (χ2v) is 6.94. The molecule has 2 heterocycles. The highest BCUT2D eigenvalue weighted by Crippen LogP contribution is 2.17. The molecule has 0 fully saturated rings. The number of carbonyl (C=O) groups is 1. The summed E-state index contributed by atoms with van der Waals surface area (Å²) in [5, 5.41) is 2.91. The van der Waals surface area contributed by atoms with Gasteiger partial charge in [0.2, 0.25) is 5.95 Å². The second-order valence-electron chi connectivity index (χ2n) is 6.94. The number of pyridine rings is 1. The fraction of sp³-hybridized carbons (Fsp3) is 0.273. The average Bonchev–Trinajstić information content (AvgIpc) is 2.71. The molecule has 0 radical (unpaired) electrons. The fourth-order valence-electron chi connectivity index (χ4n) is 2.84. The number of benzene rings is 1. The molecule has 6 nitrogen and oxygen atoms in total. The van der Waals surface area contributed by atoms with Crippen LogP contribution in [0.5, 0.6) is 0 Å². The Morgan fingerprint density at radius 2 is 1.75 bits per heavy atom. The van der Waals surface area contributed by atoms with Gasteiger partial charge in [-0.25, -0.2) is 9.97 Å². The predicted octanol–water partition coefficient (Wildman–Crippen LogP) is 3.53. The summed E-state index contributed by atoms with van der Waals surface area (Å²) in [6, 6.07) is 15.8. The molecule has 2 aromatic heterocycles. The van der Waals surface area contributed by atoms with E-state index in [1.807, 2.05) is 37.3 Å². The Hall–Kier alpha value is -3.28. The van der Waals surface area contributed by atoms with Crippen LogP contribution < -0.4 is 10.2 Å². The summed E-state index contributed by atoms with van der Waals surface area (Å²) < 4.78 is 0. The summed E-state index contributed by atoms with van der Waals surface area (Å²) in [5.41, 5.74) is 3.29. The molecule has 0 saturated heterocycles. The van der Waals surface area contributed by atoms with Gasteiger partial charge in [0, 0.05) is 37.2 Å². The van der Waals surface area contributed by atoms with Crippen LogP contribution in [0.3, 0.4) is 0 Å². The third kappa shape index (κ3) is 5.13. The smallest absolute Gasteiger partial charge is 0.270 e. The topological polar surface area (TPSA) is 71.0 Å². The first-order chi connectivity index (χ1) is 13.5. The van der Waals surface area contributed by atoms with Crippen LogP contribution in [0.4, 0.5) is 5.95 Å². The first kappa shape index (κ1) is 19.5. The Labute approximate surface area is 165 Å². The van der Waals surface area contributed by atoms with E-state index in [1.54, 1.807) is 18.5 Å². The van der Waals surface area contributed by atoms with Crippen molar-refractivity contribution in [3.05, 3.63) is 83.4 Å². The second kappa shape index (κ2) is 9.08. The standard InChI is InChI=1S/C22H25N5O/c1-16(2)27(15-19-7-5-4-6-8-19)22-25-17(3)13-20(26-22)21(28)24-14-18-9-11-23-12-10-18/h4-13,16H,14-15H2,1-3H3,(H,24,28). The highest BCUT2D eigenvalue weighted by atomic mass is 16.1. The molecule has 1 N–H and O–H groups in total. The summed E-state index contributed by atoms with van der Waals surface area (Å²) in [6.45, 7) is 7.18.